The van der Waals surface area contributed by atoms with Crippen LogP contribution in [0.2, 0.25) is 0 Å². The van der Waals surface area contributed by atoms with Crippen LogP contribution in [0.5, 0.6) is 0 Å². The van der Waals surface area contributed by atoms with Gasteiger partial charge in [-0.15, -0.1) is 11.3 Å². The molecule has 0 bridgehead atoms. The van der Waals surface area contributed by atoms with Crippen LogP contribution in [-0.4, -0.2) is 28.5 Å². The maximum absolute atomic E-state index is 12.6. The van der Waals surface area contributed by atoms with Gasteiger partial charge >= 0.3 is 6.03 Å². The Kier molecular flexibility index (Phi) is 4.72. The molecule has 1 aromatic carbocycles. The standard InChI is InChI=1S/C17H17N5O3S/c1-9-12-15(19-8-22(3)16(12)24)26-13(9)14(23)20-10-4-6-11(7-5-10)21-17(25)18-2/h4-8H,1-3H3,(H,20,23)(H2,18,21,25). The molecule has 2 aromatic heterocycles. The van der Waals surface area contributed by atoms with Gasteiger partial charge in [-0.05, 0) is 36.8 Å². The van der Waals surface area contributed by atoms with Crippen LogP contribution in [-0.2, 0) is 7.05 Å². The zero-order valence-electron chi connectivity index (χ0n) is 14.4. The van der Waals surface area contributed by atoms with Crippen molar-refractivity contribution in [2.24, 2.45) is 7.05 Å². The highest BCUT2D eigenvalue weighted by atomic mass is 32.1. The molecular weight excluding hydrogens is 354 g/mol. The van der Waals surface area contributed by atoms with Crippen molar-refractivity contribution >= 4 is 44.9 Å². The van der Waals surface area contributed by atoms with Gasteiger partial charge in [0.25, 0.3) is 11.5 Å². The summed E-state index contributed by atoms with van der Waals surface area (Å²) in [5.74, 6) is -0.306. The number of benzene rings is 1. The van der Waals surface area contributed by atoms with E-state index < -0.39 is 0 Å². The van der Waals surface area contributed by atoms with Crippen LogP contribution in [0.3, 0.4) is 0 Å². The number of hydrogen-bond acceptors (Lipinski definition) is 5. The van der Waals surface area contributed by atoms with Gasteiger partial charge in [0.05, 0.1) is 16.6 Å². The normalized spacial score (nSPS) is 10.6. The zero-order valence-corrected chi connectivity index (χ0v) is 15.2. The van der Waals surface area contributed by atoms with Gasteiger partial charge in [0, 0.05) is 25.5 Å². The highest BCUT2D eigenvalue weighted by molar-refractivity contribution is 7.20. The molecule has 3 amide bonds. The summed E-state index contributed by atoms with van der Waals surface area (Å²) in [6.45, 7) is 1.74. The molecule has 0 saturated heterocycles. The van der Waals surface area contributed by atoms with Crippen molar-refractivity contribution < 1.29 is 9.59 Å². The maximum Gasteiger partial charge on any atom is 0.318 e. The number of carbonyl (C=O) groups excluding carboxylic acids is 2. The lowest BCUT2D eigenvalue weighted by atomic mass is 10.2. The molecule has 0 radical (unpaired) electrons. The van der Waals surface area contributed by atoms with Crippen LogP contribution in [0, 0.1) is 6.92 Å². The average molecular weight is 371 g/mol. The molecule has 3 rings (SSSR count). The third kappa shape index (κ3) is 3.29. The summed E-state index contributed by atoms with van der Waals surface area (Å²) in [7, 11) is 3.15. The quantitative estimate of drug-likeness (QED) is 0.657. The summed E-state index contributed by atoms with van der Waals surface area (Å²) in [5.41, 5.74) is 1.63. The molecule has 0 aliphatic carbocycles. The summed E-state index contributed by atoms with van der Waals surface area (Å²) in [4.78, 5) is 41.3. The summed E-state index contributed by atoms with van der Waals surface area (Å²) in [6.07, 6.45) is 1.44. The van der Waals surface area contributed by atoms with E-state index in [2.05, 4.69) is 20.9 Å². The molecule has 0 saturated carbocycles. The van der Waals surface area contributed by atoms with Gasteiger partial charge in [-0.25, -0.2) is 9.78 Å². The molecule has 3 N–H and O–H groups in total. The smallest absolute Gasteiger partial charge is 0.318 e. The fourth-order valence-corrected chi connectivity index (χ4v) is 3.48. The summed E-state index contributed by atoms with van der Waals surface area (Å²) < 4.78 is 1.39. The van der Waals surface area contributed by atoms with Crippen molar-refractivity contribution in [3.8, 4) is 0 Å². The lowest BCUT2D eigenvalue weighted by Crippen LogP contribution is -2.24. The van der Waals surface area contributed by atoms with E-state index in [1.54, 1.807) is 38.2 Å². The third-order valence-electron chi connectivity index (χ3n) is 3.84. The number of nitrogens with zero attached hydrogens (tertiary/aromatic N) is 2. The third-order valence-corrected chi connectivity index (χ3v) is 5.04. The second kappa shape index (κ2) is 6.96. The molecule has 0 unspecified atom stereocenters. The van der Waals surface area contributed by atoms with E-state index in [0.717, 1.165) is 0 Å². The lowest BCUT2D eigenvalue weighted by Gasteiger charge is -2.07. The number of urea groups is 1. The Balaban J connectivity index is 1.83. The number of nitrogens with one attached hydrogen (secondary N) is 3. The highest BCUT2D eigenvalue weighted by Crippen LogP contribution is 2.27. The molecule has 0 spiro atoms. The Labute approximate surface area is 152 Å². The fraction of sp³-hybridized carbons (Fsp3) is 0.176. The van der Waals surface area contributed by atoms with Gasteiger partial charge in [-0.3, -0.25) is 9.59 Å². The van der Waals surface area contributed by atoms with Crippen LogP contribution in [0.25, 0.3) is 10.2 Å². The predicted octanol–water partition coefficient (Wildman–Crippen LogP) is 2.31. The Morgan fingerprint density at radius 3 is 2.35 bits per heavy atom. The van der Waals surface area contributed by atoms with Crippen LogP contribution in [0.15, 0.2) is 35.4 Å². The first kappa shape index (κ1) is 17.6. The van der Waals surface area contributed by atoms with Crippen molar-refractivity contribution in [1.82, 2.24) is 14.9 Å². The summed E-state index contributed by atoms with van der Waals surface area (Å²) in [6, 6.07) is 6.41. The number of anilines is 2. The molecule has 0 fully saturated rings. The number of aromatic nitrogens is 2. The van der Waals surface area contributed by atoms with E-state index in [-0.39, 0.29) is 17.5 Å². The predicted molar refractivity (Wildman–Crippen MR) is 102 cm³/mol. The minimum Gasteiger partial charge on any atom is -0.341 e. The van der Waals surface area contributed by atoms with Gasteiger partial charge in [0.1, 0.15) is 4.83 Å². The van der Waals surface area contributed by atoms with Crippen molar-refractivity contribution in [3.05, 3.63) is 51.4 Å². The molecular formula is C17H17N5O3S. The second-order valence-electron chi connectivity index (χ2n) is 5.63. The van der Waals surface area contributed by atoms with Crippen LogP contribution < -0.4 is 21.5 Å². The highest BCUT2D eigenvalue weighted by Gasteiger charge is 2.19. The van der Waals surface area contributed by atoms with E-state index in [0.29, 0.717) is 32.0 Å². The largest absolute Gasteiger partial charge is 0.341 e. The minimum absolute atomic E-state index is 0.174. The SMILES string of the molecule is CNC(=O)Nc1ccc(NC(=O)c2sc3ncn(C)c(=O)c3c2C)cc1. The first-order valence-corrected chi connectivity index (χ1v) is 8.57. The van der Waals surface area contributed by atoms with E-state index in [4.69, 9.17) is 0 Å². The monoisotopic (exact) mass is 371 g/mol. The van der Waals surface area contributed by atoms with Crippen LogP contribution in [0.1, 0.15) is 15.2 Å². The number of thiophene rings is 1. The molecule has 8 nitrogen and oxygen atoms in total. The number of carbonyl (C=O) groups is 2. The van der Waals surface area contributed by atoms with Crippen molar-refractivity contribution in [3.63, 3.8) is 0 Å². The maximum atomic E-state index is 12.6. The molecule has 26 heavy (non-hydrogen) atoms. The molecule has 0 aliphatic heterocycles. The first-order chi connectivity index (χ1) is 12.4. The number of fused-ring (bicyclic) bond motifs is 1. The zero-order chi connectivity index (χ0) is 18.8. The number of amides is 3. The van der Waals surface area contributed by atoms with Gasteiger partial charge in [0.2, 0.25) is 0 Å². The van der Waals surface area contributed by atoms with Gasteiger partial charge in [-0.2, -0.15) is 0 Å². The average Bonchev–Trinajstić information content (AvgIpc) is 2.97. The minimum atomic E-state index is -0.322. The van der Waals surface area contributed by atoms with Crippen molar-refractivity contribution in [2.75, 3.05) is 17.7 Å². The summed E-state index contributed by atoms with van der Waals surface area (Å²) >= 11 is 1.19. The lowest BCUT2D eigenvalue weighted by molar-refractivity contribution is 0.103. The molecule has 2 heterocycles. The van der Waals surface area contributed by atoms with Gasteiger partial charge < -0.3 is 20.5 Å². The molecule has 0 aliphatic rings. The topological polar surface area (TPSA) is 105 Å². The van der Waals surface area contributed by atoms with E-state index in [1.807, 2.05) is 0 Å². The first-order valence-electron chi connectivity index (χ1n) is 7.75. The Morgan fingerprint density at radius 1 is 1.12 bits per heavy atom. The second-order valence-corrected chi connectivity index (χ2v) is 6.63. The molecule has 0 atom stereocenters. The van der Waals surface area contributed by atoms with Gasteiger partial charge in [0.15, 0.2) is 0 Å². The molecule has 9 heteroatoms. The number of aryl methyl sites for hydroxylation is 2. The number of hydrogen-bond donors (Lipinski definition) is 3. The van der Waals surface area contributed by atoms with E-state index in [1.165, 1.54) is 29.3 Å². The Bertz CT molecular complexity index is 1050. The van der Waals surface area contributed by atoms with Crippen molar-refractivity contribution in [1.29, 1.82) is 0 Å². The Hall–Kier alpha value is -3.20. The molecule has 134 valence electrons. The van der Waals surface area contributed by atoms with Crippen LogP contribution in [0.4, 0.5) is 16.2 Å². The Morgan fingerprint density at radius 2 is 1.73 bits per heavy atom. The van der Waals surface area contributed by atoms with E-state index >= 15 is 0 Å². The number of rotatable bonds is 3. The van der Waals surface area contributed by atoms with Gasteiger partial charge in [-0.1, -0.05) is 0 Å². The molecule has 3 aromatic rings. The van der Waals surface area contributed by atoms with E-state index in [9.17, 15) is 14.4 Å². The summed E-state index contributed by atoms with van der Waals surface area (Å²) in [5, 5.41) is 8.36. The van der Waals surface area contributed by atoms with Crippen LogP contribution >= 0.6 is 11.3 Å². The van der Waals surface area contributed by atoms with Crippen molar-refractivity contribution in [2.45, 2.75) is 6.92 Å². The fourth-order valence-electron chi connectivity index (χ4n) is 2.44.